The molecule has 6 nitrogen and oxygen atoms in total. The fourth-order valence-corrected chi connectivity index (χ4v) is 2.44. The molecule has 4 unspecified atom stereocenters. The third-order valence-corrected chi connectivity index (χ3v) is 3.50. The highest BCUT2D eigenvalue weighted by atomic mass is 16.7. The summed E-state index contributed by atoms with van der Waals surface area (Å²) >= 11 is 0. The third kappa shape index (κ3) is 4.94. The van der Waals surface area contributed by atoms with Crippen LogP contribution in [0.5, 0.6) is 0 Å². The molecule has 2 aliphatic rings. The number of rotatable bonds is 7. The summed E-state index contributed by atoms with van der Waals surface area (Å²) in [6.45, 7) is 0.781. The standard InChI is InChI=1S/C14H22O6/c15-9-11-3-1-5-13(19-11)17-7-8-18-14-6-2-4-12(10-16)20-14/h9-14H,1-8H2. The maximum atomic E-state index is 10.7. The summed E-state index contributed by atoms with van der Waals surface area (Å²) in [5, 5.41) is 0. The van der Waals surface area contributed by atoms with Crippen molar-refractivity contribution < 1.29 is 28.5 Å². The molecule has 0 aromatic heterocycles. The van der Waals surface area contributed by atoms with Crippen molar-refractivity contribution in [2.75, 3.05) is 13.2 Å². The first-order valence-corrected chi connectivity index (χ1v) is 7.26. The number of carbonyl (C=O) groups is 2. The lowest BCUT2D eigenvalue weighted by molar-refractivity contribution is -0.218. The van der Waals surface area contributed by atoms with Gasteiger partial charge in [0.15, 0.2) is 12.6 Å². The van der Waals surface area contributed by atoms with Crippen LogP contribution in [0.2, 0.25) is 0 Å². The quantitative estimate of drug-likeness (QED) is 0.517. The zero-order valence-corrected chi connectivity index (χ0v) is 11.6. The highest BCUT2D eigenvalue weighted by Gasteiger charge is 2.24. The van der Waals surface area contributed by atoms with Crippen LogP contribution in [0.3, 0.4) is 0 Å². The maximum absolute atomic E-state index is 10.7. The molecule has 2 aliphatic heterocycles. The number of aldehydes is 2. The zero-order valence-electron chi connectivity index (χ0n) is 11.6. The van der Waals surface area contributed by atoms with E-state index in [1.54, 1.807) is 0 Å². The maximum Gasteiger partial charge on any atom is 0.158 e. The van der Waals surface area contributed by atoms with Crippen molar-refractivity contribution in [1.82, 2.24) is 0 Å². The Balaban J connectivity index is 1.57. The lowest BCUT2D eigenvalue weighted by Gasteiger charge is -2.28. The molecule has 0 radical (unpaired) electrons. The van der Waals surface area contributed by atoms with E-state index in [4.69, 9.17) is 18.9 Å². The minimum atomic E-state index is -0.343. The summed E-state index contributed by atoms with van der Waals surface area (Å²) in [5.41, 5.74) is 0. The van der Waals surface area contributed by atoms with Gasteiger partial charge in [0, 0.05) is 0 Å². The van der Waals surface area contributed by atoms with Crippen LogP contribution in [0.25, 0.3) is 0 Å². The van der Waals surface area contributed by atoms with Crippen molar-refractivity contribution in [1.29, 1.82) is 0 Å². The molecular formula is C14H22O6. The normalized spacial score (nSPS) is 34.6. The molecule has 2 heterocycles. The van der Waals surface area contributed by atoms with Gasteiger partial charge in [-0.05, 0) is 38.5 Å². The van der Waals surface area contributed by atoms with Gasteiger partial charge in [0.2, 0.25) is 0 Å². The van der Waals surface area contributed by atoms with Gasteiger partial charge >= 0.3 is 0 Å². The molecule has 2 rings (SSSR count). The first-order valence-electron chi connectivity index (χ1n) is 7.26. The van der Waals surface area contributed by atoms with Crippen molar-refractivity contribution in [2.24, 2.45) is 0 Å². The van der Waals surface area contributed by atoms with E-state index in [2.05, 4.69) is 0 Å². The average Bonchev–Trinajstić information content (AvgIpc) is 2.52. The average molecular weight is 286 g/mol. The monoisotopic (exact) mass is 286 g/mol. The molecule has 4 atom stereocenters. The molecule has 0 aliphatic carbocycles. The lowest BCUT2D eigenvalue weighted by atomic mass is 10.1. The van der Waals surface area contributed by atoms with Crippen LogP contribution in [0.1, 0.15) is 38.5 Å². The van der Waals surface area contributed by atoms with Gasteiger partial charge in [0.05, 0.1) is 13.2 Å². The largest absolute Gasteiger partial charge is 0.350 e. The van der Waals surface area contributed by atoms with Gasteiger partial charge in [-0.3, -0.25) is 0 Å². The number of hydrogen-bond acceptors (Lipinski definition) is 6. The SMILES string of the molecule is O=CC1CCCC(OCCOC2CCCC(C=O)O2)O1. The topological polar surface area (TPSA) is 71.1 Å². The van der Waals surface area contributed by atoms with Gasteiger partial charge in [-0.1, -0.05) is 0 Å². The molecule has 2 saturated heterocycles. The van der Waals surface area contributed by atoms with E-state index >= 15 is 0 Å². The zero-order chi connectivity index (χ0) is 14.2. The van der Waals surface area contributed by atoms with E-state index in [0.717, 1.165) is 51.1 Å². The number of carbonyl (C=O) groups excluding carboxylic acids is 2. The van der Waals surface area contributed by atoms with Crippen LogP contribution < -0.4 is 0 Å². The summed E-state index contributed by atoms with van der Waals surface area (Å²) in [6, 6.07) is 0. The molecule has 0 amide bonds. The van der Waals surface area contributed by atoms with Gasteiger partial charge < -0.3 is 28.5 Å². The van der Waals surface area contributed by atoms with E-state index < -0.39 is 0 Å². The highest BCUT2D eigenvalue weighted by molar-refractivity contribution is 5.56. The molecule has 20 heavy (non-hydrogen) atoms. The smallest absolute Gasteiger partial charge is 0.158 e. The van der Waals surface area contributed by atoms with Crippen LogP contribution in [0.4, 0.5) is 0 Å². The highest BCUT2D eigenvalue weighted by Crippen LogP contribution is 2.20. The fourth-order valence-electron chi connectivity index (χ4n) is 2.44. The second-order valence-electron chi connectivity index (χ2n) is 5.08. The molecule has 6 heteroatoms. The van der Waals surface area contributed by atoms with E-state index in [-0.39, 0.29) is 24.8 Å². The van der Waals surface area contributed by atoms with Crippen LogP contribution >= 0.6 is 0 Å². The second-order valence-corrected chi connectivity index (χ2v) is 5.08. The van der Waals surface area contributed by atoms with Crippen molar-refractivity contribution in [3.63, 3.8) is 0 Å². The van der Waals surface area contributed by atoms with E-state index in [0.29, 0.717) is 13.2 Å². The van der Waals surface area contributed by atoms with Gasteiger partial charge in [-0.2, -0.15) is 0 Å². The molecule has 0 saturated carbocycles. The van der Waals surface area contributed by atoms with Crippen molar-refractivity contribution in [3.8, 4) is 0 Å². The second kappa shape index (κ2) is 8.46. The predicted molar refractivity (Wildman–Crippen MR) is 69.1 cm³/mol. The molecule has 0 N–H and O–H groups in total. The fraction of sp³-hybridized carbons (Fsp3) is 0.857. The van der Waals surface area contributed by atoms with Gasteiger partial charge in [0.1, 0.15) is 24.8 Å². The van der Waals surface area contributed by atoms with E-state index in [1.807, 2.05) is 0 Å². The minimum absolute atomic E-state index is 0.322. The molecule has 0 aromatic rings. The molecule has 114 valence electrons. The Hall–Kier alpha value is -0.820. The minimum Gasteiger partial charge on any atom is -0.350 e. The molecule has 2 fully saturated rings. The van der Waals surface area contributed by atoms with E-state index in [9.17, 15) is 9.59 Å². The summed E-state index contributed by atoms with van der Waals surface area (Å²) in [6.07, 6.45) is 5.32. The first kappa shape index (κ1) is 15.6. The Morgan fingerprint density at radius 3 is 1.65 bits per heavy atom. The Morgan fingerprint density at radius 1 is 0.800 bits per heavy atom. The Bertz CT molecular complexity index is 278. The van der Waals surface area contributed by atoms with Crippen LogP contribution in [0, 0.1) is 0 Å². The van der Waals surface area contributed by atoms with Crippen LogP contribution in [-0.4, -0.2) is 50.6 Å². The van der Waals surface area contributed by atoms with Gasteiger partial charge in [-0.15, -0.1) is 0 Å². The predicted octanol–water partition coefficient (Wildman–Crippen LogP) is 1.21. The van der Waals surface area contributed by atoms with Crippen LogP contribution in [-0.2, 0) is 28.5 Å². The van der Waals surface area contributed by atoms with Crippen molar-refractivity contribution in [3.05, 3.63) is 0 Å². The van der Waals surface area contributed by atoms with Crippen LogP contribution in [0.15, 0.2) is 0 Å². The number of ether oxygens (including phenoxy) is 4. The van der Waals surface area contributed by atoms with Crippen molar-refractivity contribution >= 4 is 12.6 Å². The Morgan fingerprint density at radius 2 is 1.25 bits per heavy atom. The Labute approximate surface area is 118 Å². The Kier molecular flexibility index (Phi) is 6.59. The molecule has 0 spiro atoms. The summed E-state index contributed by atoms with van der Waals surface area (Å²) in [5.74, 6) is 0. The molecule has 0 bridgehead atoms. The molecule has 0 aromatic carbocycles. The van der Waals surface area contributed by atoms with E-state index in [1.165, 1.54) is 0 Å². The third-order valence-electron chi connectivity index (χ3n) is 3.50. The van der Waals surface area contributed by atoms with Crippen molar-refractivity contribution in [2.45, 2.75) is 63.3 Å². The molecular weight excluding hydrogens is 264 g/mol. The van der Waals surface area contributed by atoms with Gasteiger partial charge in [-0.25, -0.2) is 0 Å². The summed E-state index contributed by atoms with van der Waals surface area (Å²) in [7, 11) is 0. The van der Waals surface area contributed by atoms with Gasteiger partial charge in [0.25, 0.3) is 0 Å². The lowest BCUT2D eigenvalue weighted by Crippen LogP contribution is -2.33. The first-order chi connectivity index (χ1) is 9.81. The summed E-state index contributed by atoms with van der Waals surface area (Å²) < 4.78 is 21.9. The summed E-state index contributed by atoms with van der Waals surface area (Å²) in [4.78, 5) is 21.3. The number of hydrogen-bond donors (Lipinski definition) is 0.